The van der Waals surface area contributed by atoms with Gasteiger partial charge in [-0.1, -0.05) is 20.8 Å². The lowest BCUT2D eigenvalue weighted by Crippen LogP contribution is -2.24. The van der Waals surface area contributed by atoms with Gasteiger partial charge in [0.05, 0.1) is 10.7 Å². The molecule has 1 unspecified atom stereocenters. The molecule has 0 spiro atoms. The van der Waals surface area contributed by atoms with E-state index in [-0.39, 0.29) is 0 Å². The minimum absolute atomic E-state index is 0.599. The number of nitrogens with one attached hydrogen (secondary N) is 1. The van der Waals surface area contributed by atoms with Crippen molar-refractivity contribution in [2.75, 3.05) is 0 Å². The minimum atomic E-state index is 0.599. The van der Waals surface area contributed by atoms with Crippen LogP contribution >= 0.6 is 11.3 Å². The van der Waals surface area contributed by atoms with Crippen molar-refractivity contribution in [1.29, 1.82) is 0 Å². The summed E-state index contributed by atoms with van der Waals surface area (Å²) in [5, 5.41) is 4.85. The summed E-state index contributed by atoms with van der Waals surface area (Å²) in [6.07, 6.45) is 4.55. The second-order valence-electron chi connectivity index (χ2n) is 4.27. The fourth-order valence-electron chi connectivity index (χ4n) is 1.58. The Morgan fingerprint density at radius 2 is 2.06 bits per heavy atom. The molecule has 2 nitrogen and oxygen atoms in total. The molecule has 1 atom stereocenters. The molecule has 0 saturated carbocycles. The highest BCUT2D eigenvalue weighted by atomic mass is 32.1. The van der Waals surface area contributed by atoms with Gasteiger partial charge in [-0.2, -0.15) is 0 Å². The molecule has 0 aliphatic rings. The molecule has 0 aromatic carbocycles. The number of hydrogen-bond donors (Lipinski definition) is 1. The summed E-state index contributed by atoms with van der Waals surface area (Å²) < 4.78 is 0. The Labute approximate surface area is 103 Å². The van der Waals surface area contributed by atoms with Gasteiger partial charge in [0.1, 0.15) is 0 Å². The molecule has 0 bridgehead atoms. The fraction of sp³-hybridized carbons (Fsp3) is 0.769. The second-order valence-corrected chi connectivity index (χ2v) is 5.44. The standard InChI is InChI=1S/C13H24N2S/c1-5-8-13-15-11(7-3)12(16-13)9-14-10(4)6-2/h10,14H,5-9H2,1-4H3. The summed E-state index contributed by atoms with van der Waals surface area (Å²) in [7, 11) is 0. The lowest BCUT2D eigenvalue weighted by molar-refractivity contribution is 0.535. The van der Waals surface area contributed by atoms with Crippen molar-refractivity contribution >= 4 is 11.3 Å². The van der Waals surface area contributed by atoms with Gasteiger partial charge in [0.2, 0.25) is 0 Å². The van der Waals surface area contributed by atoms with E-state index < -0.39 is 0 Å². The Morgan fingerprint density at radius 3 is 2.62 bits per heavy atom. The van der Waals surface area contributed by atoms with Gasteiger partial charge in [0.25, 0.3) is 0 Å². The Kier molecular flexibility index (Phi) is 5.99. The lowest BCUT2D eigenvalue weighted by atomic mass is 10.2. The molecule has 16 heavy (non-hydrogen) atoms. The molecule has 1 heterocycles. The van der Waals surface area contributed by atoms with Gasteiger partial charge in [-0.25, -0.2) is 4.98 Å². The smallest absolute Gasteiger partial charge is 0.0931 e. The van der Waals surface area contributed by atoms with Crippen molar-refractivity contribution in [3.05, 3.63) is 15.6 Å². The highest BCUT2D eigenvalue weighted by Crippen LogP contribution is 2.20. The average molecular weight is 240 g/mol. The van der Waals surface area contributed by atoms with Crippen molar-refractivity contribution < 1.29 is 0 Å². The second kappa shape index (κ2) is 7.02. The van der Waals surface area contributed by atoms with E-state index >= 15 is 0 Å². The molecule has 1 aromatic heterocycles. The highest BCUT2D eigenvalue weighted by Gasteiger charge is 2.09. The molecule has 1 aromatic rings. The number of aromatic nitrogens is 1. The molecule has 0 radical (unpaired) electrons. The van der Waals surface area contributed by atoms with E-state index in [0.717, 1.165) is 19.4 Å². The topological polar surface area (TPSA) is 24.9 Å². The van der Waals surface area contributed by atoms with Gasteiger partial charge in [-0.15, -0.1) is 11.3 Å². The first kappa shape index (κ1) is 13.7. The maximum absolute atomic E-state index is 4.70. The summed E-state index contributed by atoms with van der Waals surface area (Å²) in [6, 6.07) is 0.599. The zero-order valence-corrected chi connectivity index (χ0v) is 11.8. The van der Waals surface area contributed by atoms with E-state index in [9.17, 15) is 0 Å². The summed E-state index contributed by atoms with van der Waals surface area (Å²) in [6.45, 7) is 9.84. The normalized spacial score (nSPS) is 13.0. The monoisotopic (exact) mass is 240 g/mol. The van der Waals surface area contributed by atoms with Crippen LogP contribution in [0.15, 0.2) is 0 Å². The Hall–Kier alpha value is -0.410. The SMILES string of the molecule is CCCc1nc(CC)c(CNC(C)CC)s1. The van der Waals surface area contributed by atoms with Crippen LogP contribution in [-0.2, 0) is 19.4 Å². The molecule has 0 aliphatic carbocycles. The van der Waals surface area contributed by atoms with Gasteiger partial charge in [-0.3, -0.25) is 0 Å². The Morgan fingerprint density at radius 1 is 1.31 bits per heavy atom. The van der Waals surface area contributed by atoms with Crippen molar-refractivity contribution in [1.82, 2.24) is 10.3 Å². The predicted octanol–water partition coefficient (Wildman–Crippen LogP) is 3.55. The van der Waals surface area contributed by atoms with Gasteiger partial charge < -0.3 is 5.32 Å². The molecule has 1 N–H and O–H groups in total. The van der Waals surface area contributed by atoms with E-state index in [1.165, 1.54) is 28.4 Å². The van der Waals surface area contributed by atoms with Gasteiger partial charge in [0.15, 0.2) is 0 Å². The first-order valence-electron chi connectivity index (χ1n) is 6.42. The molecule has 0 aliphatic heterocycles. The van der Waals surface area contributed by atoms with Gasteiger partial charge in [0, 0.05) is 17.5 Å². The zero-order valence-electron chi connectivity index (χ0n) is 11.0. The number of thiazole rings is 1. The van der Waals surface area contributed by atoms with E-state index in [0.29, 0.717) is 6.04 Å². The Bertz CT molecular complexity index is 307. The predicted molar refractivity (Wildman–Crippen MR) is 72.1 cm³/mol. The largest absolute Gasteiger partial charge is 0.309 e. The van der Waals surface area contributed by atoms with E-state index in [1.807, 2.05) is 11.3 Å². The quantitative estimate of drug-likeness (QED) is 0.788. The molecule has 92 valence electrons. The van der Waals surface area contributed by atoms with Gasteiger partial charge >= 0.3 is 0 Å². The fourth-order valence-corrected chi connectivity index (χ4v) is 2.79. The number of rotatable bonds is 7. The summed E-state index contributed by atoms with van der Waals surface area (Å²) in [4.78, 5) is 6.14. The molecule has 0 fully saturated rings. The van der Waals surface area contributed by atoms with E-state index in [4.69, 9.17) is 4.98 Å². The van der Waals surface area contributed by atoms with Crippen LogP contribution < -0.4 is 5.32 Å². The van der Waals surface area contributed by atoms with Crippen LogP contribution in [0.25, 0.3) is 0 Å². The third-order valence-electron chi connectivity index (χ3n) is 2.84. The Balaban J connectivity index is 2.62. The third-order valence-corrected chi connectivity index (χ3v) is 4.00. The third kappa shape index (κ3) is 3.87. The van der Waals surface area contributed by atoms with Crippen LogP contribution in [0.2, 0.25) is 0 Å². The molecular weight excluding hydrogens is 216 g/mol. The molecule has 0 saturated heterocycles. The average Bonchev–Trinajstić information content (AvgIpc) is 2.68. The lowest BCUT2D eigenvalue weighted by Gasteiger charge is -2.10. The molecule has 1 rings (SSSR count). The van der Waals surface area contributed by atoms with Crippen molar-refractivity contribution in [3.8, 4) is 0 Å². The highest BCUT2D eigenvalue weighted by molar-refractivity contribution is 7.11. The summed E-state index contributed by atoms with van der Waals surface area (Å²) >= 11 is 1.89. The zero-order chi connectivity index (χ0) is 12.0. The van der Waals surface area contributed by atoms with Crippen LogP contribution in [0.1, 0.15) is 56.1 Å². The van der Waals surface area contributed by atoms with Crippen molar-refractivity contribution in [2.45, 2.75) is 66.0 Å². The number of nitrogens with zero attached hydrogens (tertiary/aromatic N) is 1. The van der Waals surface area contributed by atoms with Crippen LogP contribution in [0.3, 0.4) is 0 Å². The van der Waals surface area contributed by atoms with Crippen molar-refractivity contribution in [2.24, 2.45) is 0 Å². The van der Waals surface area contributed by atoms with Gasteiger partial charge in [-0.05, 0) is 32.6 Å². The number of hydrogen-bond acceptors (Lipinski definition) is 3. The van der Waals surface area contributed by atoms with E-state index in [1.54, 1.807) is 0 Å². The van der Waals surface area contributed by atoms with Crippen LogP contribution in [0.4, 0.5) is 0 Å². The molecule has 3 heteroatoms. The van der Waals surface area contributed by atoms with Crippen LogP contribution in [0.5, 0.6) is 0 Å². The molecular formula is C13H24N2S. The van der Waals surface area contributed by atoms with Crippen LogP contribution in [-0.4, -0.2) is 11.0 Å². The minimum Gasteiger partial charge on any atom is -0.309 e. The van der Waals surface area contributed by atoms with Crippen molar-refractivity contribution in [3.63, 3.8) is 0 Å². The first-order valence-corrected chi connectivity index (χ1v) is 7.23. The van der Waals surface area contributed by atoms with E-state index in [2.05, 4.69) is 33.0 Å². The molecule has 0 amide bonds. The van der Waals surface area contributed by atoms with Crippen LogP contribution in [0, 0.1) is 0 Å². The first-order chi connectivity index (χ1) is 7.71. The number of aryl methyl sites for hydroxylation is 2. The summed E-state index contributed by atoms with van der Waals surface area (Å²) in [5.41, 5.74) is 1.30. The maximum atomic E-state index is 4.70. The maximum Gasteiger partial charge on any atom is 0.0931 e. The summed E-state index contributed by atoms with van der Waals surface area (Å²) in [5.74, 6) is 0.